The molecular weight excluding hydrogens is 235 g/mol. The van der Waals surface area contributed by atoms with Crippen LogP contribution in [0.25, 0.3) is 0 Å². The summed E-state index contributed by atoms with van der Waals surface area (Å²) >= 11 is 0. The Morgan fingerprint density at radius 2 is 2.33 bits per heavy atom. The number of morpholine rings is 1. The van der Waals surface area contributed by atoms with E-state index in [0.29, 0.717) is 19.6 Å². The average molecular weight is 252 g/mol. The summed E-state index contributed by atoms with van der Waals surface area (Å²) in [6.07, 6.45) is 0. The summed E-state index contributed by atoms with van der Waals surface area (Å²) in [5, 5.41) is 0. The maximum absolute atomic E-state index is 13.1. The van der Waals surface area contributed by atoms with Gasteiger partial charge < -0.3 is 15.4 Å². The lowest BCUT2D eigenvalue weighted by Gasteiger charge is -2.39. The normalized spacial score (nSPS) is 24.4. The largest absolute Gasteiger partial charge is 0.362 e. The number of carbonyl (C=O) groups is 1. The summed E-state index contributed by atoms with van der Waals surface area (Å²) in [5.41, 5.74) is 5.90. The van der Waals surface area contributed by atoms with Crippen LogP contribution in [0.1, 0.15) is 12.5 Å². The summed E-state index contributed by atoms with van der Waals surface area (Å²) in [7, 11) is 0. The average Bonchev–Trinajstić information content (AvgIpc) is 2.34. The van der Waals surface area contributed by atoms with Crippen molar-refractivity contribution in [1.82, 2.24) is 4.90 Å². The fourth-order valence-electron chi connectivity index (χ4n) is 1.99. The molecule has 0 aromatic heterocycles. The van der Waals surface area contributed by atoms with E-state index in [1.807, 2.05) is 6.92 Å². The summed E-state index contributed by atoms with van der Waals surface area (Å²) in [4.78, 5) is 13.4. The number of nitrogens with zero attached hydrogens (tertiary/aromatic N) is 1. The smallest absolute Gasteiger partial charge is 0.249 e. The Labute approximate surface area is 106 Å². The van der Waals surface area contributed by atoms with Gasteiger partial charge in [-0.1, -0.05) is 12.1 Å². The van der Waals surface area contributed by atoms with Gasteiger partial charge in [-0.05, 0) is 24.6 Å². The molecule has 2 rings (SSSR count). The molecule has 1 aromatic rings. The van der Waals surface area contributed by atoms with Gasteiger partial charge in [-0.15, -0.1) is 0 Å². The number of ether oxygens (including phenoxy) is 1. The van der Waals surface area contributed by atoms with Gasteiger partial charge >= 0.3 is 0 Å². The minimum Gasteiger partial charge on any atom is -0.362 e. The molecular formula is C13H17FN2O2. The van der Waals surface area contributed by atoms with Crippen molar-refractivity contribution in [3.63, 3.8) is 0 Å². The predicted molar refractivity (Wildman–Crippen MR) is 65.2 cm³/mol. The molecule has 1 aromatic carbocycles. The molecule has 4 nitrogen and oxygen atoms in total. The molecule has 0 spiro atoms. The Bertz CT molecular complexity index is 452. The predicted octanol–water partition coefficient (Wildman–Crippen LogP) is 0.902. The maximum atomic E-state index is 13.1. The molecule has 1 aliphatic heterocycles. The van der Waals surface area contributed by atoms with Gasteiger partial charge in [-0.3, -0.25) is 4.79 Å². The lowest BCUT2D eigenvalue weighted by Crippen LogP contribution is -2.56. The number of hydrogen-bond acceptors (Lipinski definition) is 3. The first-order valence-electron chi connectivity index (χ1n) is 5.89. The van der Waals surface area contributed by atoms with Crippen LogP contribution in [-0.2, 0) is 16.1 Å². The van der Waals surface area contributed by atoms with Crippen LogP contribution in [0.15, 0.2) is 24.3 Å². The van der Waals surface area contributed by atoms with Crippen LogP contribution in [0, 0.1) is 5.82 Å². The van der Waals surface area contributed by atoms with E-state index >= 15 is 0 Å². The highest BCUT2D eigenvalue weighted by molar-refractivity contribution is 5.78. The molecule has 1 heterocycles. The molecule has 0 radical (unpaired) electrons. The third-order valence-corrected chi connectivity index (χ3v) is 3.12. The molecule has 18 heavy (non-hydrogen) atoms. The topological polar surface area (TPSA) is 55.6 Å². The molecule has 1 fully saturated rings. The quantitative estimate of drug-likeness (QED) is 0.869. The van der Waals surface area contributed by atoms with Crippen molar-refractivity contribution in [3.8, 4) is 0 Å². The zero-order valence-electron chi connectivity index (χ0n) is 10.4. The number of benzene rings is 1. The van der Waals surface area contributed by atoms with E-state index in [1.54, 1.807) is 17.0 Å². The standard InChI is InChI=1S/C13H17FN2O2/c1-13(8-15)9-16(12(17)7-18-13)6-10-3-2-4-11(14)5-10/h2-5H,6-9,15H2,1H3. The van der Waals surface area contributed by atoms with Crippen LogP contribution in [0.5, 0.6) is 0 Å². The number of rotatable bonds is 3. The number of amides is 1. The van der Waals surface area contributed by atoms with Crippen molar-refractivity contribution in [3.05, 3.63) is 35.6 Å². The lowest BCUT2D eigenvalue weighted by atomic mass is 10.0. The molecule has 1 aliphatic rings. The minimum atomic E-state index is -0.513. The highest BCUT2D eigenvalue weighted by Crippen LogP contribution is 2.19. The number of nitrogens with two attached hydrogens (primary N) is 1. The van der Waals surface area contributed by atoms with Crippen molar-refractivity contribution in [2.75, 3.05) is 19.7 Å². The van der Waals surface area contributed by atoms with E-state index in [2.05, 4.69) is 0 Å². The van der Waals surface area contributed by atoms with Crippen LogP contribution in [0.3, 0.4) is 0 Å². The zero-order chi connectivity index (χ0) is 13.2. The second-order valence-electron chi connectivity index (χ2n) is 4.82. The van der Waals surface area contributed by atoms with Gasteiger partial charge in [0.1, 0.15) is 12.4 Å². The first kappa shape index (κ1) is 13.0. The fraction of sp³-hybridized carbons (Fsp3) is 0.462. The Morgan fingerprint density at radius 1 is 1.56 bits per heavy atom. The minimum absolute atomic E-state index is 0.0308. The molecule has 0 bridgehead atoms. The SMILES string of the molecule is CC1(CN)CN(Cc2cccc(F)c2)C(=O)CO1. The maximum Gasteiger partial charge on any atom is 0.249 e. The van der Waals surface area contributed by atoms with E-state index in [4.69, 9.17) is 10.5 Å². The second kappa shape index (κ2) is 5.04. The molecule has 0 aliphatic carbocycles. The van der Waals surface area contributed by atoms with E-state index in [0.717, 1.165) is 5.56 Å². The summed E-state index contributed by atoms with van der Waals surface area (Å²) < 4.78 is 18.5. The number of hydrogen-bond donors (Lipinski definition) is 1. The highest BCUT2D eigenvalue weighted by Gasteiger charge is 2.34. The van der Waals surface area contributed by atoms with Crippen LogP contribution >= 0.6 is 0 Å². The molecule has 0 saturated carbocycles. The summed E-state index contributed by atoms with van der Waals surface area (Å²) in [6.45, 7) is 3.06. The van der Waals surface area contributed by atoms with Crippen molar-refractivity contribution in [2.45, 2.75) is 19.1 Å². The number of carbonyl (C=O) groups excluding carboxylic acids is 1. The molecule has 1 saturated heterocycles. The van der Waals surface area contributed by atoms with Gasteiger partial charge in [0.25, 0.3) is 0 Å². The van der Waals surface area contributed by atoms with Crippen molar-refractivity contribution >= 4 is 5.91 Å². The Hall–Kier alpha value is -1.46. The molecule has 1 atom stereocenters. The Kier molecular flexibility index (Phi) is 3.63. The molecule has 2 N–H and O–H groups in total. The van der Waals surface area contributed by atoms with Gasteiger partial charge in [0.15, 0.2) is 0 Å². The molecule has 1 amide bonds. The second-order valence-corrected chi connectivity index (χ2v) is 4.82. The van der Waals surface area contributed by atoms with Crippen LogP contribution in [-0.4, -0.2) is 36.1 Å². The van der Waals surface area contributed by atoms with Crippen LogP contribution in [0.4, 0.5) is 4.39 Å². The van der Waals surface area contributed by atoms with Gasteiger partial charge in [0.05, 0.1) is 12.1 Å². The summed E-state index contributed by atoms with van der Waals surface area (Å²) in [6, 6.07) is 6.25. The Morgan fingerprint density at radius 3 is 3.00 bits per heavy atom. The van der Waals surface area contributed by atoms with E-state index < -0.39 is 5.60 Å². The fourth-order valence-corrected chi connectivity index (χ4v) is 1.99. The van der Waals surface area contributed by atoms with Gasteiger partial charge in [0, 0.05) is 13.1 Å². The third kappa shape index (κ3) is 2.86. The summed E-state index contributed by atoms with van der Waals surface area (Å²) in [5.74, 6) is -0.389. The van der Waals surface area contributed by atoms with Crippen LogP contribution < -0.4 is 5.73 Å². The first-order chi connectivity index (χ1) is 8.52. The Balaban J connectivity index is 2.09. The first-order valence-corrected chi connectivity index (χ1v) is 5.89. The molecule has 1 unspecified atom stereocenters. The van der Waals surface area contributed by atoms with Crippen LogP contribution in [0.2, 0.25) is 0 Å². The monoisotopic (exact) mass is 252 g/mol. The van der Waals surface area contributed by atoms with E-state index in [1.165, 1.54) is 12.1 Å². The molecule has 5 heteroatoms. The van der Waals surface area contributed by atoms with Crippen molar-refractivity contribution < 1.29 is 13.9 Å². The third-order valence-electron chi connectivity index (χ3n) is 3.12. The number of halogens is 1. The van der Waals surface area contributed by atoms with Gasteiger partial charge in [-0.2, -0.15) is 0 Å². The highest BCUT2D eigenvalue weighted by atomic mass is 19.1. The van der Waals surface area contributed by atoms with Crippen molar-refractivity contribution in [1.29, 1.82) is 0 Å². The van der Waals surface area contributed by atoms with E-state index in [9.17, 15) is 9.18 Å². The molecule has 98 valence electrons. The van der Waals surface area contributed by atoms with Crippen molar-refractivity contribution in [2.24, 2.45) is 5.73 Å². The van der Waals surface area contributed by atoms with E-state index in [-0.39, 0.29) is 18.3 Å². The van der Waals surface area contributed by atoms with Gasteiger partial charge in [0.2, 0.25) is 5.91 Å². The van der Waals surface area contributed by atoms with Gasteiger partial charge in [-0.25, -0.2) is 4.39 Å². The lowest BCUT2D eigenvalue weighted by molar-refractivity contribution is -0.160. The zero-order valence-corrected chi connectivity index (χ0v) is 10.4.